The molecule has 1 aliphatic carbocycles. The first-order chi connectivity index (χ1) is 10.7. The number of carbonyl (C=O) groups is 1. The van der Waals surface area contributed by atoms with Crippen molar-refractivity contribution in [3.8, 4) is 0 Å². The first-order valence-corrected chi connectivity index (χ1v) is 8.83. The molecular weight excluding hydrogens is 296 g/mol. The van der Waals surface area contributed by atoms with Crippen LogP contribution >= 0.6 is 11.6 Å². The SMILES string of the molecule is O=C(NCC1CCN(Cc2ccccc2Cl)CC1)C1CCC1. The summed E-state index contributed by atoms with van der Waals surface area (Å²) in [5.41, 5.74) is 1.21. The van der Waals surface area contributed by atoms with E-state index in [0.717, 1.165) is 56.9 Å². The first kappa shape index (κ1) is 15.8. The van der Waals surface area contributed by atoms with Crippen LogP contribution in [0.3, 0.4) is 0 Å². The highest BCUT2D eigenvalue weighted by Gasteiger charge is 2.26. The molecule has 0 spiro atoms. The molecule has 3 nitrogen and oxygen atoms in total. The highest BCUT2D eigenvalue weighted by molar-refractivity contribution is 6.31. The molecule has 4 heteroatoms. The minimum Gasteiger partial charge on any atom is -0.356 e. The van der Waals surface area contributed by atoms with Crippen LogP contribution in [0.4, 0.5) is 0 Å². The van der Waals surface area contributed by atoms with Crippen LogP contribution in [0.2, 0.25) is 5.02 Å². The molecule has 1 aliphatic heterocycles. The molecule has 3 rings (SSSR count). The third-order valence-corrected chi connectivity index (χ3v) is 5.47. The number of halogens is 1. The quantitative estimate of drug-likeness (QED) is 0.901. The maximum Gasteiger partial charge on any atom is 0.223 e. The lowest BCUT2D eigenvalue weighted by molar-refractivity contribution is -0.127. The summed E-state index contributed by atoms with van der Waals surface area (Å²) in [4.78, 5) is 14.3. The van der Waals surface area contributed by atoms with Gasteiger partial charge in [-0.25, -0.2) is 0 Å². The normalized spacial score (nSPS) is 20.6. The highest BCUT2D eigenvalue weighted by Crippen LogP contribution is 2.26. The lowest BCUT2D eigenvalue weighted by Gasteiger charge is -2.33. The van der Waals surface area contributed by atoms with Gasteiger partial charge in [0.25, 0.3) is 0 Å². The fourth-order valence-electron chi connectivity index (χ4n) is 3.28. The fraction of sp³-hybridized carbons (Fsp3) is 0.611. The average molecular weight is 321 g/mol. The van der Waals surface area contributed by atoms with Crippen molar-refractivity contribution < 1.29 is 4.79 Å². The third-order valence-electron chi connectivity index (χ3n) is 5.10. The van der Waals surface area contributed by atoms with E-state index >= 15 is 0 Å². The van der Waals surface area contributed by atoms with Crippen LogP contribution in [-0.4, -0.2) is 30.4 Å². The number of likely N-dealkylation sites (tertiary alicyclic amines) is 1. The molecule has 0 radical (unpaired) electrons. The molecule has 2 fully saturated rings. The molecule has 1 saturated carbocycles. The Hall–Kier alpha value is -1.06. The molecule has 0 bridgehead atoms. The van der Waals surface area contributed by atoms with Crippen molar-refractivity contribution in [2.75, 3.05) is 19.6 Å². The zero-order valence-electron chi connectivity index (χ0n) is 13.1. The van der Waals surface area contributed by atoms with Gasteiger partial charge in [-0.05, 0) is 56.3 Å². The number of nitrogens with zero attached hydrogens (tertiary/aromatic N) is 1. The second kappa shape index (κ2) is 7.47. The number of piperidine rings is 1. The van der Waals surface area contributed by atoms with E-state index in [1.165, 1.54) is 12.0 Å². The van der Waals surface area contributed by atoms with Gasteiger partial charge in [0.15, 0.2) is 0 Å². The predicted octanol–water partition coefficient (Wildman–Crippen LogP) is 3.47. The van der Waals surface area contributed by atoms with E-state index in [9.17, 15) is 4.79 Å². The van der Waals surface area contributed by atoms with Crippen LogP contribution in [0, 0.1) is 11.8 Å². The van der Waals surface area contributed by atoms with Crippen molar-refractivity contribution in [2.24, 2.45) is 11.8 Å². The summed E-state index contributed by atoms with van der Waals surface area (Å²) in [5, 5.41) is 4.01. The summed E-state index contributed by atoms with van der Waals surface area (Å²) in [6.45, 7) is 3.97. The van der Waals surface area contributed by atoms with E-state index in [4.69, 9.17) is 11.6 Å². The largest absolute Gasteiger partial charge is 0.356 e. The van der Waals surface area contributed by atoms with Crippen molar-refractivity contribution >= 4 is 17.5 Å². The Bertz CT molecular complexity index is 508. The lowest BCUT2D eigenvalue weighted by atomic mass is 9.84. The highest BCUT2D eigenvalue weighted by atomic mass is 35.5. The molecular formula is C18H25ClN2O. The van der Waals surface area contributed by atoms with E-state index in [1.54, 1.807) is 0 Å². The topological polar surface area (TPSA) is 32.3 Å². The van der Waals surface area contributed by atoms with Crippen LogP contribution in [0.15, 0.2) is 24.3 Å². The number of hydrogen-bond donors (Lipinski definition) is 1. The molecule has 2 aliphatic rings. The summed E-state index contributed by atoms with van der Waals surface area (Å²) in [6.07, 6.45) is 5.72. The van der Waals surface area contributed by atoms with Gasteiger partial charge in [-0.1, -0.05) is 36.2 Å². The van der Waals surface area contributed by atoms with Crippen LogP contribution in [-0.2, 0) is 11.3 Å². The van der Waals surface area contributed by atoms with Gasteiger partial charge >= 0.3 is 0 Å². The second-order valence-electron chi connectivity index (χ2n) is 6.68. The van der Waals surface area contributed by atoms with Gasteiger partial charge in [0.05, 0.1) is 0 Å². The van der Waals surface area contributed by atoms with Crippen molar-refractivity contribution in [3.63, 3.8) is 0 Å². The zero-order valence-corrected chi connectivity index (χ0v) is 13.8. The van der Waals surface area contributed by atoms with Crippen molar-refractivity contribution in [1.82, 2.24) is 10.2 Å². The van der Waals surface area contributed by atoms with E-state index in [2.05, 4.69) is 16.3 Å². The number of nitrogens with one attached hydrogen (secondary N) is 1. The molecule has 0 aromatic heterocycles. The van der Waals surface area contributed by atoms with Crippen molar-refractivity contribution in [1.29, 1.82) is 0 Å². The number of amides is 1. The van der Waals surface area contributed by atoms with Gasteiger partial charge < -0.3 is 5.32 Å². The van der Waals surface area contributed by atoms with Crippen LogP contribution in [0.1, 0.15) is 37.7 Å². The average Bonchev–Trinajstić information content (AvgIpc) is 2.47. The predicted molar refractivity (Wildman–Crippen MR) is 89.8 cm³/mol. The molecule has 22 heavy (non-hydrogen) atoms. The van der Waals surface area contributed by atoms with Crippen LogP contribution < -0.4 is 5.32 Å². The third kappa shape index (κ3) is 4.02. The number of carbonyl (C=O) groups excluding carboxylic acids is 1. The molecule has 1 saturated heterocycles. The molecule has 1 N–H and O–H groups in total. The molecule has 120 valence electrons. The second-order valence-corrected chi connectivity index (χ2v) is 7.09. The van der Waals surface area contributed by atoms with E-state index in [0.29, 0.717) is 11.8 Å². The lowest BCUT2D eigenvalue weighted by Crippen LogP contribution is -2.41. The van der Waals surface area contributed by atoms with E-state index < -0.39 is 0 Å². The molecule has 0 atom stereocenters. The van der Waals surface area contributed by atoms with E-state index in [-0.39, 0.29) is 5.91 Å². The van der Waals surface area contributed by atoms with Gasteiger partial charge in [-0.3, -0.25) is 9.69 Å². The van der Waals surface area contributed by atoms with Gasteiger partial charge in [0.2, 0.25) is 5.91 Å². The van der Waals surface area contributed by atoms with Crippen LogP contribution in [0.25, 0.3) is 0 Å². The fourth-order valence-corrected chi connectivity index (χ4v) is 3.47. The van der Waals surface area contributed by atoms with Gasteiger partial charge in [-0.2, -0.15) is 0 Å². The molecule has 1 aromatic carbocycles. The molecule has 1 amide bonds. The van der Waals surface area contributed by atoms with Crippen LogP contribution in [0.5, 0.6) is 0 Å². The van der Waals surface area contributed by atoms with E-state index in [1.807, 2.05) is 18.2 Å². The monoisotopic (exact) mass is 320 g/mol. The smallest absolute Gasteiger partial charge is 0.223 e. The minimum absolute atomic E-state index is 0.282. The Balaban J connectivity index is 1.39. The number of benzene rings is 1. The Kier molecular flexibility index (Phi) is 5.37. The Morgan fingerprint density at radius 1 is 1.18 bits per heavy atom. The number of hydrogen-bond acceptors (Lipinski definition) is 2. The maximum absolute atomic E-state index is 11.9. The van der Waals surface area contributed by atoms with Gasteiger partial charge in [0.1, 0.15) is 0 Å². The molecule has 1 aromatic rings. The summed E-state index contributed by atoms with van der Waals surface area (Å²) in [6, 6.07) is 8.08. The van der Waals surface area contributed by atoms with Crippen molar-refractivity contribution in [2.45, 2.75) is 38.6 Å². The summed E-state index contributed by atoms with van der Waals surface area (Å²) >= 11 is 6.23. The minimum atomic E-state index is 0.282. The van der Waals surface area contributed by atoms with Gasteiger partial charge in [-0.15, -0.1) is 0 Å². The first-order valence-electron chi connectivity index (χ1n) is 8.46. The molecule has 0 unspecified atom stereocenters. The Morgan fingerprint density at radius 2 is 1.91 bits per heavy atom. The number of rotatable bonds is 5. The summed E-state index contributed by atoms with van der Waals surface area (Å²) in [7, 11) is 0. The Morgan fingerprint density at radius 3 is 2.55 bits per heavy atom. The maximum atomic E-state index is 11.9. The Labute approximate surface area is 138 Å². The standard InChI is InChI=1S/C18H25ClN2O/c19-17-7-2-1-4-16(17)13-21-10-8-14(9-11-21)12-20-18(22)15-5-3-6-15/h1-2,4,7,14-15H,3,5-6,8-13H2,(H,20,22). The molecule has 1 heterocycles. The summed E-state index contributed by atoms with van der Waals surface area (Å²) in [5.74, 6) is 1.22. The van der Waals surface area contributed by atoms with Crippen molar-refractivity contribution in [3.05, 3.63) is 34.9 Å². The zero-order chi connectivity index (χ0) is 15.4. The van der Waals surface area contributed by atoms with Gasteiger partial charge in [0, 0.05) is 24.0 Å². The summed E-state index contributed by atoms with van der Waals surface area (Å²) < 4.78 is 0.